The van der Waals surface area contributed by atoms with Crippen LogP contribution in [0.15, 0.2) is 60.0 Å². The molecule has 1 amide bonds. The Morgan fingerprint density at radius 1 is 1.07 bits per heavy atom. The predicted molar refractivity (Wildman–Crippen MR) is 118 cm³/mol. The summed E-state index contributed by atoms with van der Waals surface area (Å²) in [5.41, 5.74) is 2.61. The van der Waals surface area contributed by atoms with Crippen molar-refractivity contribution in [3.8, 4) is 11.5 Å². The maximum Gasteiger partial charge on any atom is 0.258 e. The number of benzene rings is 2. The summed E-state index contributed by atoms with van der Waals surface area (Å²) < 4.78 is 11.9. The Kier molecular flexibility index (Phi) is 5.09. The number of hydrogen-bond donors (Lipinski definition) is 1. The van der Waals surface area contributed by atoms with Gasteiger partial charge in [-0.1, -0.05) is 24.3 Å². The molecule has 0 unspecified atom stereocenters. The maximum atomic E-state index is 13.2. The van der Waals surface area contributed by atoms with Crippen molar-refractivity contribution in [3.05, 3.63) is 76.0 Å². The summed E-state index contributed by atoms with van der Waals surface area (Å²) >= 11 is 1.67. The van der Waals surface area contributed by atoms with E-state index < -0.39 is 0 Å². The first-order valence-corrected chi connectivity index (χ1v) is 11.2. The van der Waals surface area contributed by atoms with Crippen LogP contribution < -0.4 is 14.8 Å². The third kappa shape index (κ3) is 3.63. The Balaban J connectivity index is 1.46. The van der Waals surface area contributed by atoms with E-state index in [9.17, 15) is 4.79 Å². The molecule has 0 saturated heterocycles. The molecule has 1 aliphatic carbocycles. The first kappa shape index (κ1) is 19.0. The number of nitrogens with one attached hydrogen (secondary N) is 1. The average molecular weight is 421 g/mol. The average Bonchev–Trinajstić information content (AvgIpc) is 3.47. The Bertz CT molecular complexity index is 1050. The fourth-order valence-electron chi connectivity index (χ4n) is 3.87. The molecular weight excluding hydrogens is 396 g/mol. The zero-order chi connectivity index (χ0) is 20.5. The molecule has 1 N–H and O–H groups in total. The lowest BCUT2D eigenvalue weighted by molar-refractivity contribution is 0.0666. The zero-order valence-corrected chi connectivity index (χ0v) is 17.7. The van der Waals surface area contributed by atoms with Crippen molar-refractivity contribution < 1.29 is 14.3 Å². The molecule has 0 bridgehead atoms. The van der Waals surface area contributed by atoms with Gasteiger partial charge in [0.1, 0.15) is 12.8 Å². The monoisotopic (exact) mass is 420 g/mol. The molecule has 1 atom stereocenters. The van der Waals surface area contributed by atoms with Crippen molar-refractivity contribution in [2.24, 2.45) is 0 Å². The van der Waals surface area contributed by atoms with Gasteiger partial charge in [0.15, 0.2) is 11.5 Å². The van der Waals surface area contributed by atoms with E-state index in [1.54, 1.807) is 11.3 Å². The van der Waals surface area contributed by atoms with Crippen LogP contribution in [0.3, 0.4) is 0 Å². The van der Waals surface area contributed by atoms with Crippen molar-refractivity contribution in [2.45, 2.75) is 38.6 Å². The minimum Gasteiger partial charge on any atom is -0.490 e. The number of fused-ring (bicyclic) bond motifs is 1. The molecule has 0 spiro atoms. The normalized spacial score (nSPS) is 18.0. The summed E-state index contributed by atoms with van der Waals surface area (Å²) in [6.45, 7) is 3.02. The molecule has 5 nitrogen and oxygen atoms in total. The number of thiophene rings is 1. The second kappa shape index (κ2) is 8.03. The maximum absolute atomic E-state index is 13.2. The Morgan fingerprint density at radius 3 is 2.70 bits per heavy atom. The summed E-state index contributed by atoms with van der Waals surface area (Å²) in [6.07, 6.45) is 1.88. The van der Waals surface area contributed by atoms with E-state index in [1.165, 1.54) is 0 Å². The molecule has 2 aliphatic rings. The van der Waals surface area contributed by atoms with Gasteiger partial charge in [-0.2, -0.15) is 0 Å². The van der Waals surface area contributed by atoms with Crippen molar-refractivity contribution in [2.75, 3.05) is 11.9 Å². The van der Waals surface area contributed by atoms with Gasteiger partial charge < -0.3 is 19.7 Å². The van der Waals surface area contributed by atoms with Crippen molar-refractivity contribution in [3.63, 3.8) is 0 Å². The number of hydrogen-bond acceptors (Lipinski definition) is 5. The highest BCUT2D eigenvalue weighted by molar-refractivity contribution is 7.09. The van der Waals surface area contributed by atoms with E-state index in [-0.39, 0.29) is 18.1 Å². The van der Waals surface area contributed by atoms with Crippen LogP contribution in [-0.4, -0.2) is 23.5 Å². The quantitative estimate of drug-likeness (QED) is 0.552. The molecule has 30 heavy (non-hydrogen) atoms. The molecule has 6 heteroatoms. The second-order valence-corrected chi connectivity index (χ2v) is 8.58. The summed E-state index contributed by atoms with van der Waals surface area (Å²) in [5, 5.41) is 5.61. The van der Waals surface area contributed by atoms with Gasteiger partial charge in [-0.3, -0.25) is 4.79 Å². The van der Waals surface area contributed by atoms with E-state index in [1.807, 2.05) is 65.7 Å². The molecule has 2 aromatic carbocycles. The van der Waals surface area contributed by atoms with Crippen LogP contribution in [0.1, 0.15) is 46.7 Å². The van der Waals surface area contributed by atoms with Crippen LogP contribution in [0.4, 0.5) is 5.69 Å². The van der Waals surface area contributed by atoms with Gasteiger partial charge in [0.05, 0.1) is 12.2 Å². The fourth-order valence-corrected chi connectivity index (χ4v) is 4.48. The highest BCUT2D eigenvalue weighted by Gasteiger charge is 2.42. The summed E-state index contributed by atoms with van der Waals surface area (Å²) in [4.78, 5) is 16.4. The third-order valence-electron chi connectivity index (χ3n) is 5.44. The van der Waals surface area contributed by atoms with Gasteiger partial charge in [0.25, 0.3) is 5.91 Å². The summed E-state index contributed by atoms with van der Waals surface area (Å²) in [5.74, 6) is 1.51. The van der Waals surface area contributed by atoms with Crippen LogP contribution in [0, 0.1) is 0 Å². The fraction of sp³-hybridized carbons (Fsp3) is 0.292. The van der Waals surface area contributed by atoms with Crippen LogP contribution >= 0.6 is 11.3 Å². The number of nitrogens with zero attached hydrogens (tertiary/aromatic N) is 1. The largest absolute Gasteiger partial charge is 0.490 e. The van der Waals surface area contributed by atoms with E-state index in [2.05, 4.69) is 11.4 Å². The van der Waals surface area contributed by atoms with Crippen molar-refractivity contribution in [1.29, 1.82) is 0 Å². The van der Waals surface area contributed by atoms with Crippen molar-refractivity contribution in [1.82, 2.24) is 4.90 Å². The number of rotatable bonds is 7. The molecule has 1 fully saturated rings. The molecule has 1 aromatic heterocycles. The van der Waals surface area contributed by atoms with E-state index in [0.717, 1.165) is 40.3 Å². The Hall–Kier alpha value is -2.99. The molecule has 5 rings (SSSR count). The number of amides is 1. The van der Waals surface area contributed by atoms with Crippen molar-refractivity contribution >= 4 is 22.9 Å². The molecule has 1 saturated carbocycles. The van der Waals surface area contributed by atoms with Gasteiger partial charge in [-0.05, 0) is 61.0 Å². The molecular formula is C24H24N2O3S. The van der Waals surface area contributed by atoms with Gasteiger partial charge >= 0.3 is 0 Å². The smallest absolute Gasteiger partial charge is 0.258 e. The minimum atomic E-state index is -0.217. The van der Waals surface area contributed by atoms with E-state index in [4.69, 9.17) is 9.47 Å². The molecule has 3 aromatic rings. The number of para-hydroxylation sites is 1. The van der Waals surface area contributed by atoms with Gasteiger partial charge in [0.2, 0.25) is 0 Å². The van der Waals surface area contributed by atoms with Crippen LogP contribution in [0.2, 0.25) is 0 Å². The second-order valence-electron chi connectivity index (χ2n) is 7.54. The van der Waals surface area contributed by atoms with Crippen LogP contribution in [-0.2, 0) is 6.61 Å². The summed E-state index contributed by atoms with van der Waals surface area (Å²) in [7, 11) is 0. The lowest BCUT2D eigenvalue weighted by Crippen LogP contribution is -2.44. The molecule has 1 aliphatic heterocycles. The van der Waals surface area contributed by atoms with Gasteiger partial charge in [-0.15, -0.1) is 11.3 Å². The highest BCUT2D eigenvalue weighted by Crippen LogP contribution is 2.42. The first-order chi connectivity index (χ1) is 14.7. The number of carbonyl (C=O) groups is 1. The highest BCUT2D eigenvalue weighted by atomic mass is 32.1. The first-order valence-electron chi connectivity index (χ1n) is 10.3. The topological polar surface area (TPSA) is 50.8 Å². The predicted octanol–water partition coefficient (Wildman–Crippen LogP) is 5.45. The van der Waals surface area contributed by atoms with Crippen LogP contribution in [0.5, 0.6) is 11.5 Å². The third-order valence-corrected chi connectivity index (χ3v) is 6.29. The van der Waals surface area contributed by atoms with Gasteiger partial charge in [-0.25, -0.2) is 0 Å². The lowest BCUT2D eigenvalue weighted by Gasteiger charge is -2.38. The Labute approximate surface area is 180 Å². The standard InChI is InChI=1S/C24H24N2O3S/c1-2-28-22-14-16(9-12-21(22)29-15-18-6-5-13-30-18)23-25-20-8-4-3-7-19(20)24(27)26(23)17-10-11-17/h3-9,12-14,17,23,25H,2,10-11,15H2,1H3/t23-/m0/s1. The number of anilines is 1. The molecule has 154 valence electrons. The zero-order valence-electron chi connectivity index (χ0n) is 16.8. The van der Waals surface area contributed by atoms with Crippen LogP contribution in [0.25, 0.3) is 0 Å². The van der Waals surface area contributed by atoms with E-state index in [0.29, 0.717) is 19.0 Å². The lowest BCUT2D eigenvalue weighted by atomic mass is 10.0. The number of ether oxygens (including phenoxy) is 2. The number of carbonyl (C=O) groups excluding carboxylic acids is 1. The Morgan fingerprint density at radius 2 is 1.93 bits per heavy atom. The summed E-state index contributed by atoms with van der Waals surface area (Å²) in [6, 6.07) is 18.1. The molecule has 2 heterocycles. The van der Waals surface area contributed by atoms with Gasteiger partial charge in [0, 0.05) is 16.6 Å². The minimum absolute atomic E-state index is 0.0906. The SMILES string of the molecule is CCOc1cc([C@H]2Nc3ccccc3C(=O)N2C2CC2)ccc1OCc1cccs1. The van der Waals surface area contributed by atoms with E-state index >= 15 is 0 Å². The molecule has 0 radical (unpaired) electrons.